The number of imidazole rings is 1. The number of anilines is 1. The molecule has 0 aliphatic carbocycles. The third kappa shape index (κ3) is 2.93. The molecule has 0 aliphatic heterocycles. The van der Waals surface area contributed by atoms with Crippen LogP contribution in [0.15, 0.2) is 36.9 Å². The molecule has 25 heavy (non-hydrogen) atoms. The number of nitrogens with zero attached hydrogens (tertiary/aromatic N) is 4. The second kappa shape index (κ2) is 5.54. The molecule has 0 unspecified atom stereocenters. The minimum absolute atomic E-state index is 0.142. The Morgan fingerprint density at radius 3 is 2.84 bits per heavy atom. The molecule has 128 valence electrons. The summed E-state index contributed by atoms with van der Waals surface area (Å²) in [5.41, 5.74) is 3.25. The number of halogens is 1. The number of aromatic nitrogens is 5. The average molecular weight is 338 g/mol. The molecule has 0 bridgehead atoms. The van der Waals surface area contributed by atoms with E-state index in [1.165, 1.54) is 10.6 Å². The quantitative estimate of drug-likeness (QED) is 0.595. The molecule has 0 fully saturated rings. The molecule has 0 aromatic carbocycles. The fourth-order valence-electron chi connectivity index (χ4n) is 2.69. The molecule has 0 radical (unpaired) electrons. The van der Waals surface area contributed by atoms with Gasteiger partial charge in [-0.05, 0) is 17.5 Å². The van der Waals surface area contributed by atoms with Crippen molar-refractivity contribution >= 4 is 22.6 Å². The molecule has 4 heterocycles. The van der Waals surface area contributed by atoms with Crippen molar-refractivity contribution in [2.45, 2.75) is 20.8 Å². The van der Waals surface area contributed by atoms with Gasteiger partial charge >= 0.3 is 0 Å². The number of pyridine rings is 1. The van der Waals surface area contributed by atoms with Gasteiger partial charge in [-0.25, -0.2) is 9.97 Å². The zero-order valence-electron chi connectivity index (χ0n) is 14.3. The third-order valence-corrected chi connectivity index (χ3v) is 3.98. The van der Waals surface area contributed by atoms with E-state index in [2.05, 4.69) is 46.0 Å². The molecule has 0 spiro atoms. The summed E-state index contributed by atoms with van der Waals surface area (Å²) in [4.78, 5) is 16.1. The van der Waals surface area contributed by atoms with Gasteiger partial charge in [-0.2, -0.15) is 9.37 Å². The SMILES string of the molecule is CC(C)(C)CNc1ncc2c(-c3ccc4ncc(F)n4c3)c[nH]c2n1. The number of H-pyrrole nitrogens is 1. The fraction of sp³-hybridized carbons (Fsp3) is 0.278. The van der Waals surface area contributed by atoms with Crippen LogP contribution in [0, 0.1) is 11.4 Å². The van der Waals surface area contributed by atoms with Gasteiger partial charge in [-0.1, -0.05) is 20.8 Å². The lowest BCUT2D eigenvalue weighted by atomic mass is 9.97. The lowest BCUT2D eigenvalue weighted by Gasteiger charge is -2.18. The Labute approximate surface area is 144 Å². The Morgan fingerprint density at radius 2 is 2.04 bits per heavy atom. The van der Waals surface area contributed by atoms with Crippen LogP contribution in [0.1, 0.15) is 20.8 Å². The maximum atomic E-state index is 13.8. The van der Waals surface area contributed by atoms with Crippen molar-refractivity contribution in [3.63, 3.8) is 0 Å². The predicted molar refractivity (Wildman–Crippen MR) is 96.0 cm³/mol. The molecule has 4 aromatic heterocycles. The number of rotatable bonds is 3. The highest BCUT2D eigenvalue weighted by atomic mass is 19.1. The van der Waals surface area contributed by atoms with E-state index in [0.29, 0.717) is 11.6 Å². The molecule has 0 aliphatic rings. The smallest absolute Gasteiger partial charge is 0.224 e. The van der Waals surface area contributed by atoms with Crippen LogP contribution in [0.5, 0.6) is 0 Å². The lowest BCUT2D eigenvalue weighted by molar-refractivity contribution is 0.442. The first-order chi connectivity index (χ1) is 11.9. The van der Waals surface area contributed by atoms with Gasteiger partial charge in [0.15, 0.2) is 0 Å². The Hall–Kier alpha value is -2.96. The molecule has 0 saturated heterocycles. The van der Waals surface area contributed by atoms with Gasteiger partial charge in [-0.3, -0.25) is 4.40 Å². The standard InChI is InChI=1S/C18H19FN6/c1-18(2,3)10-23-17-22-7-13-12(6-21-16(13)24-17)11-4-5-15-20-8-14(19)25(15)9-11/h4-9H,10H2,1-3H3,(H2,21,22,23,24). The maximum absolute atomic E-state index is 13.8. The number of nitrogens with one attached hydrogen (secondary N) is 2. The lowest BCUT2D eigenvalue weighted by Crippen LogP contribution is -2.20. The predicted octanol–water partition coefficient (Wildman–Crippen LogP) is 3.87. The van der Waals surface area contributed by atoms with Crippen molar-refractivity contribution in [2.24, 2.45) is 5.41 Å². The van der Waals surface area contributed by atoms with E-state index in [0.717, 1.165) is 28.7 Å². The molecular weight excluding hydrogens is 319 g/mol. The fourth-order valence-corrected chi connectivity index (χ4v) is 2.69. The number of hydrogen-bond donors (Lipinski definition) is 2. The molecule has 6 nitrogen and oxygen atoms in total. The van der Waals surface area contributed by atoms with Crippen LogP contribution in [-0.2, 0) is 0 Å². The second-order valence-electron chi connectivity index (χ2n) is 7.30. The molecule has 0 saturated carbocycles. The summed E-state index contributed by atoms with van der Waals surface area (Å²) in [6, 6.07) is 3.70. The molecule has 7 heteroatoms. The first kappa shape index (κ1) is 15.6. The second-order valence-corrected chi connectivity index (χ2v) is 7.30. The molecule has 4 rings (SSSR count). The van der Waals surface area contributed by atoms with Crippen LogP contribution < -0.4 is 5.32 Å². The number of fused-ring (bicyclic) bond motifs is 2. The molecule has 2 N–H and O–H groups in total. The van der Waals surface area contributed by atoms with Crippen LogP contribution in [-0.4, -0.2) is 30.9 Å². The Balaban J connectivity index is 1.71. The van der Waals surface area contributed by atoms with Crippen molar-refractivity contribution in [2.75, 3.05) is 11.9 Å². The van der Waals surface area contributed by atoms with Gasteiger partial charge in [0, 0.05) is 41.6 Å². The zero-order chi connectivity index (χ0) is 17.6. The zero-order valence-corrected chi connectivity index (χ0v) is 14.3. The van der Waals surface area contributed by atoms with Crippen molar-refractivity contribution in [1.29, 1.82) is 0 Å². The van der Waals surface area contributed by atoms with Gasteiger partial charge in [0.25, 0.3) is 0 Å². The normalized spacial score (nSPS) is 12.2. The first-order valence-corrected chi connectivity index (χ1v) is 8.12. The van der Waals surface area contributed by atoms with Gasteiger partial charge in [0.2, 0.25) is 11.9 Å². The summed E-state index contributed by atoms with van der Waals surface area (Å²) in [6.07, 6.45) is 6.59. The summed E-state index contributed by atoms with van der Waals surface area (Å²) in [7, 11) is 0. The van der Waals surface area contributed by atoms with Gasteiger partial charge < -0.3 is 10.3 Å². The van der Waals surface area contributed by atoms with Crippen LogP contribution >= 0.6 is 0 Å². The van der Waals surface area contributed by atoms with Gasteiger partial charge in [0.05, 0.1) is 6.20 Å². The Kier molecular flexibility index (Phi) is 3.45. The Morgan fingerprint density at radius 1 is 1.20 bits per heavy atom. The highest BCUT2D eigenvalue weighted by Crippen LogP contribution is 2.28. The maximum Gasteiger partial charge on any atom is 0.224 e. The largest absolute Gasteiger partial charge is 0.354 e. The number of aromatic amines is 1. The minimum atomic E-state index is -0.387. The monoisotopic (exact) mass is 338 g/mol. The Bertz CT molecular complexity index is 1060. The van der Waals surface area contributed by atoms with Crippen LogP contribution in [0.3, 0.4) is 0 Å². The minimum Gasteiger partial charge on any atom is -0.354 e. The molecule has 0 amide bonds. The average Bonchev–Trinajstić information content (AvgIpc) is 3.15. The van der Waals surface area contributed by atoms with E-state index in [9.17, 15) is 4.39 Å². The van der Waals surface area contributed by atoms with E-state index < -0.39 is 0 Å². The van der Waals surface area contributed by atoms with Crippen molar-refractivity contribution in [3.8, 4) is 11.1 Å². The summed E-state index contributed by atoms with van der Waals surface area (Å²) in [5, 5.41) is 4.14. The molecule has 4 aromatic rings. The van der Waals surface area contributed by atoms with E-state index in [1.807, 2.05) is 12.3 Å². The highest BCUT2D eigenvalue weighted by Gasteiger charge is 2.13. The summed E-state index contributed by atoms with van der Waals surface area (Å²) in [5.74, 6) is 0.202. The topological polar surface area (TPSA) is 70.9 Å². The van der Waals surface area contributed by atoms with E-state index in [-0.39, 0.29) is 11.4 Å². The van der Waals surface area contributed by atoms with Crippen LogP contribution in [0.4, 0.5) is 10.3 Å². The molecular formula is C18H19FN6. The van der Waals surface area contributed by atoms with Crippen LogP contribution in [0.2, 0.25) is 0 Å². The van der Waals surface area contributed by atoms with Crippen molar-refractivity contribution < 1.29 is 4.39 Å². The third-order valence-electron chi connectivity index (χ3n) is 3.98. The summed E-state index contributed by atoms with van der Waals surface area (Å²) < 4.78 is 15.2. The van der Waals surface area contributed by atoms with Crippen LogP contribution in [0.25, 0.3) is 27.8 Å². The highest BCUT2D eigenvalue weighted by molar-refractivity contribution is 5.93. The van der Waals surface area contributed by atoms with Crippen molar-refractivity contribution in [3.05, 3.63) is 42.9 Å². The van der Waals surface area contributed by atoms with E-state index >= 15 is 0 Å². The number of hydrogen-bond acceptors (Lipinski definition) is 4. The summed E-state index contributed by atoms with van der Waals surface area (Å²) >= 11 is 0. The first-order valence-electron chi connectivity index (χ1n) is 8.12. The van der Waals surface area contributed by atoms with Gasteiger partial charge in [-0.15, -0.1) is 0 Å². The van der Waals surface area contributed by atoms with Gasteiger partial charge in [0.1, 0.15) is 11.3 Å². The van der Waals surface area contributed by atoms with Crippen molar-refractivity contribution in [1.82, 2.24) is 24.3 Å². The van der Waals surface area contributed by atoms with E-state index in [1.54, 1.807) is 18.5 Å². The van der Waals surface area contributed by atoms with E-state index in [4.69, 9.17) is 0 Å². The molecule has 0 atom stereocenters. The summed E-state index contributed by atoms with van der Waals surface area (Å²) in [6.45, 7) is 7.23.